The third-order valence-electron chi connectivity index (χ3n) is 4.67. The molecule has 0 spiro atoms. The van der Waals surface area contributed by atoms with Crippen LogP contribution in [0.25, 0.3) is 10.9 Å². The number of amides is 1. The second kappa shape index (κ2) is 7.27. The Labute approximate surface area is 147 Å². The average molecular weight is 343 g/mol. The van der Waals surface area contributed by atoms with Crippen LogP contribution in [-0.4, -0.2) is 48.5 Å². The minimum atomic E-state index is -0.494. The van der Waals surface area contributed by atoms with Crippen LogP contribution in [0.15, 0.2) is 24.3 Å². The second-order valence-corrected chi connectivity index (χ2v) is 7.10. The van der Waals surface area contributed by atoms with Gasteiger partial charge < -0.3 is 15.0 Å². The second-order valence-electron chi connectivity index (χ2n) is 7.10. The first-order chi connectivity index (χ1) is 12.0. The SMILES string of the molecule is COC(=O)c1[nH]c2ccccc2c1NC(=O)CN1CC(C)CC(C)C1. The summed E-state index contributed by atoms with van der Waals surface area (Å²) in [5.41, 5.74) is 1.56. The largest absolute Gasteiger partial charge is 0.464 e. The van der Waals surface area contributed by atoms with Crippen molar-refractivity contribution in [3.05, 3.63) is 30.0 Å². The number of carbonyl (C=O) groups is 2. The van der Waals surface area contributed by atoms with Gasteiger partial charge in [0, 0.05) is 24.0 Å². The molecule has 1 fully saturated rings. The molecule has 2 unspecified atom stereocenters. The molecule has 1 aliphatic rings. The monoisotopic (exact) mass is 343 g/mol. The van der Waals surface area contributed by atoms with E-state index in [1.165, 1.54) is 13.5 Å². The van der Waals surface area contributed by atoms with Crippen LogP contribution in [0.2, 0.25) is 0 Å². The molecule has 2 N–H and O–H groups in total. The van der Waals surface area contributed by atoms with Crippen LogP contribution >= 0.6 is 0 Å². The number of H-pyrrole nitrogens is 1. The summed E-state index contributed by atoms with van der Waals surface area (Å²) in [7, 11) is 1.33. The number of piperidine rings is 1. The molecule has 1 saturated heterocycles. The van der Waals surface area contributed by atoms with Crippen molar-refractivity contribution in [1.82, 2.24) is 9.88 Å². The number of aromatic amines is 1. The number of nitrogens with zero attached hydrogens (tertiary/aromatic N) is 1. The topological polar surface area (TPSA) is 74.4 Å². The van der Waals surface area contributed by atoms with E-state index in [9.17, 15) is 9.59 Å². The molecular formula is C19H25N3O3. The molecule has 2 aromatic rings. The lowest BCUT2D eigenvalue weighted by molar-refractivity contribution is -0.117. The lowest BCUT2D eigenvalue weighted by atomic mass is 9.92. The van der Waals surface area contributed by atoms with Crippen molar-refractivity contribution in [2.75, 3.05) is 32.1 Å². The first-order valence-electron chi connectivity index (χ1n) is 8.69. The van der Waals surface area contributed by atoms with Crippen LogP contribution in [0.1, 0.15) is 30.8 Å². The number of likely N-dealkylation sites (tertiary alicyclic amines) is 1. The van der Waals surface area contributed by atoms with E-state index in [2.05, 4.69) is 29.0 Å². The van der Waals surface area contributed by atoms with Crippen LogP contribution < -0.4 is 5.32 Å². The lowest BCUT2D eigenvalue weighted by Gasteiger charge is -2.34. The highest BCUT2D eigenvalue weighted by Gasteiger charge is 2.25. The number of carbonyl (C=O) groups excluding carboxylic acids is 2. The highest BCUT2D eigenvalue weighted by atomic mass is 16.5. The first kappa shape index (κ1) is 17.5. The molecule has 1 aromatic carbocycles. The predicted molar refractivity (Wildman–Crippen MR) is 97.7 cm³/mol. The fraction of sp³-hybridized carbons (Fsp3) is 0.474. The molecule has 2 atom stereocenters. The Morgan fingerprint density at radius 1 is 1.24 bits per heavy atom. The zero-order valence-electron chi connectivity index (χ0n) is 15.0. The van der Waals surface area contributed by atoms with E-state index in [1.54, 1.807) is 0 Å². The van der Waals surface area contributed by atoms with Gasteiger partial charge in [-0.05, 0) is 24.3 Å². The Balaban J connectivity index is 1.79. The van der Waals surface area contributed by atoms with Gasteiger partial charge in [-0.1, -0.05) is 32.0 Å². The number of methoxy groups -OCH3 is 1. The molecule has 0 bridgehead atoms. The average Bonchev–Trinajstić information content (AvgIpc) is 2.92. The van der Waals surface area contributed by atoms with E-state index in [0.717, 1.165) is 24.0 Å². The van der Waals surface area contributed by atoms with Crippen molar-refractivity contribution in [2.24, 2.45) is 11.8 Å². The lowest BCUT2D eigenvalue weighted by Crippen LogP contribution is -2.42. The zero-order valence-corrected chi connectivity index (χ0v) is 15.0. The number of esters is 1. The van der Waals surface area contributed by atoms with Gasteiger partial charge >= 0.3 is 5.97 Å². The predicted octanol–water partition coefficient (Wildman–Crippen LogP) is 2.87. The van der Waals surface area contributed by atoms with Gasteiger partial charge in [-0.25, -0.2) is 4.79 Å². The Morgan fingerprint density at radius 3 is 2.60 bits per heavy atom. The van der Waals surface area contributed by atoms with Crippen LogP contribution in [0.5, 0.6) is 0 Å². The van der Waals surface area contributed by atoms with Gasteiger partial charge in [0.1, 0.15) is 5.69 Å². The molecule has 134 valence electrons. The summed E-state index contributed by atoms with van der Waals surface area (Å²) < 4.78 is 4.83. The first-order valence-corrected chi connectivity index (χ1v) is 8.69. The molecule has 0 aliphatic carbocycles. The minimum absolute atomic E-state index is 0.115. The number of hydrogen-bond donors (Lipinski definition) is 2. The van der Waals surface area contributed by atoms with Crippen LogP contribution in [0.4, 0.5) is 5.69 Å². The van der Waals surface area contributed by atoms with E-state index in [0.29, 0.717) is 24.1 Å². The van der Waals surface area contributed by atoms with Gasteiger partial charge in [0.25, 0.3) is 0 Å². The maximum absolute atomic E-state index is 12.6. The summed E-state index contributed by atoms with van der Waals surface area (Å²) in [5, 5.41) is 3.72. The normalized spacial score (nSPS) is 21.2. The van der Waals surface area contributed by atoms with Crippen LogP contribution in [0, 0.1) is 11.8 Å². The molecule has 0 saturated carbocycles. The highest BCUT2D eigenvalue weighted by molar-refractivity contribution is 6.11. The zero-order chi connectivity index (χ0) is 18.0. The van der Waals surface area contributed by atoms with Crippen molar-refractivity contribution < 1.29 is 14.3 Å². The van der Waals surface area contributed by atoms with E-state index in [-0.39, 0.29) is 11.6 Å². The van der Waals surface area contributed by atoms with Crippen molar-refractivity contribution in [1.29, 1.82) is 0 Å². The summed E-state index contributed by atoms with van der Waals surface area (Å²) >= 11 is 0. The molecule has 2 heterocycles. The van der Waals surface area contributed by atoms with Gasteiger partial charge in [-0.15, -0.1) is 0 Å². The van der Waals surface area contributed by atoms with Crippen LogP contribution in [-0.2, 0) is 9.53 Å². The van der Waals surface area contributed by atoms with Gasteiger partial charge in [-0.3, -0.25) is 9.69 Å². The fourth-order valence-corrected chi connectivity index (χ4v) is 3.83. The Kier molecular flexibility index (Phi) is 5.08. The molecule has 1 amide bonds. The van der Waals surface area contributed by atoms with E-state index < -0.39 is 5.97 Å². The summed E-state index contributed by atoms with van der Waals surface area (Å²) in [6.07, 6.45) is 1.20. The quantitative estimate of drug-likeness (QED) is 0.837. The summed E-state index contributed by atoms with van der Waals surface area (Å²) in [6.45, 7) is 6.62. The number of rotatable bonds is 4. The third-order valence-corrected chi connectivity index (χ3v) is 4.67. The number of para-hydroxylation sites is 1. The Hall–Kier alpha value is -2.34. The summed E-state index contributed by atoms with van der Waals surface area (Å²) in [5.74, 6) is 0.577. The number of benzene rings is 1. The number of nitrogens with one attached hydrogen (secondary N) is 2. The van der Waals surface area contributed by atoms with Gasteiger partial charge in [0.15, 0.2) is 0 Å². The van der Waals surface area contributed by atoms with Gasteiger partial charge in [-0.2, -0.15) is 0 Å². The standard InChI is InChI=1S/C19H25N3O3/c1-12-8-13(2)10-22(9-12)11-16(23)21-17-14-6-4-5-7-15(14)20-18(17)19(24)25-3/h4-7,12-13,20H,8-11H2,1-3H3,(H,21,23). The number of ether oxygens (including phenoxy) is 1. The van der Waals surface area contributed by atoms with Gasteiger partial charge in [0.05, 0.1) is 19.3 Å². The van der Waals surface area contributed by atoms with Crippen LogP contribution in [0.3, 0.4) is 0 Å². The number of aromatic nitrogens is 1. The molecule has 3 rings (SSSR count). The molecule has 6 heteroatoms. The van der Waals surface area contributed by atoms with Crippen molar-refractivity contribution in [2.45, 2.75) is 20.3 Å². The number of anilines is 1. The Morgan fingerprint density at radius 2 is 1.92 bits per heavy atom. The van der Waals surface area contributed by atoms with Crippen molar-refractivity contribution in [3.63, 3.8) is 0 Å². The fourth-order valence-electron chi connectivity index (χ4n) is 3.83. The van der Waals surface area contributed by atoms with Crippen molar-refractivity contribution in [3.8, 4) is 0 Å². The van der Waals surface area contributed by atoms with Gasteiger partial charge in [0.2, 0.25) is 5.91 Å². The smallest absolute Gasteiger partial charge is 0.356 e. The number of hydrogen-bond acceptors (Lipinski definition) is 4. The summed E-state index contributed by atoms with van der Waals surface area (Å²) in [4.78, 5) is 29.8. The highest BCUT2D eigenvalue weighted by Crippen LogP contribution is 2.28. The molecule has 25 heavy (non-hydrogen) atoms. The van der Waals surface area contributed by atoms with E-state index >= 15 is 0 Å². The van der Waals surface area contributed by atoms with E-state index in [4.69, 9.17) is 4.74 Å². The molecule has 1 aromatic heterocycles. The summed E-state index contributed by atoms with van der Waals surface area (Å²) in [6, 6.07) is 7.49. The minimum Gasteiger partial charge on any atom is -0.464 e. The van der Waals surface area contributed by atoms with Crippen molar-refractivity contribution >= 4 is 28.5 Å². The molecule has 0 radical (unpaired) electrons. The maximum atomic E-state index is 12.6. The molecule has 1 aliphatic heterocycles. The molecule has 6 nitrogen and oxygen atoms in total. The van der Waals surface area contributed by atoms with E-state index in [1.807, 2.05) is 24.3 Å². The Bertz CT molecular complexity index is 773. The maximum Gasteiger partial charge on any atom is 0.356 e. The number of fused-ring (bicyclic) bond motifs is 1. The molecular weight excluding hydrogens is 318 g/mol. The third kappa shape index (κ3) is 3.85.